The predicted octanol–water partition coefficient (Wildman–Crippen LogP) is 0.260. The van der Waals surface area contributed by atoms with Gasteiger partial charge in [0.05, 0.1) is 0 Å². The highest BCUT2D eigenvalue weighted by Gasteiger charge is 1.87. The lowest BCUT2D eigenvalue weighted by molar-refractivity contribution is -0.107. The van der Waals surface area contributed by atoms with Crippen LogP contribution < -0.4 is 11.1 Å². The van der Waals surface area contributed by atoms with Gasteiger partial charge in [-0.25, -0.2) is 0 Å². The van der Waals surface area contributed by atoms with Crippen molar-refractivity contribution in [3.63, 3.8) is 0 Å². The fraction of sp³-hybridized carbons (Fsp3) is 0.667. The summed E-state index contributed by atoms with van der Waals surface area (Å²) in [5.74, 6) is -0.00824. The summed E-state index contributed by atoms with van der Waals surface area (Å²) in [5.41, 5.74) is 5.01. The molecule has 4 nitrogen and oxygen atoms in total. The number of hydrogen-bond donors (Lipinski definition) is 3. The van der Waals surface area contributed by atoms with E-state index < -0.39 is 0 Å². The lowest BCUT2D eigenvalue weighted by atomic mass is 10.2. The third-order valence-corrected chi connectivity index (χ3v) is 1.06. The van der Waals surface area contributed by atoms with Gasteiger partial charge in [0.25, 0.3) is 0 Å². The van der Waals surface area contributed by atoms with Crippen molar-refractivity contribution in [1.82, 2.24) is 5.32 Å². The first-order chi connectivity index (χ1) is 4.77. The van der Waals surface area contributed by atoms with Crippen molar-refractivity contribution in [2.45, 2.75) is 19.3 Å². The Bertz CT molecular complexity index is 118. The van der Waals surface area contributed by atoms with Crippen LogP contribution in [0.5, 0.6) is 0 Å². The Morgan fingerprint density at radius 1 is 1.55 bits per heavy atom. The van der Waals surface area contributed by atoms with Crippen LogP contribution in [0.2, 0.25) is 0 Å². The summed E-state index contributed by atoms with van der Waals surface area (Å²) in [5, 5.41) is 9.42. The summed E-state index contributed by atoms with van der Waals surface area (Å²) in [6, 6.07) is 0. The fourth-order valence-corrected chi connectivity index (χ4v) is 0.576. The van der Waals surface area contributed by atoms with Crippen LogP contribution in [0, 0.1) is 5.41 Å². The third kappa shape index (κ3) is 12.4. The number of carbonyl (C=O) groups is 1. The molecule has 0 aliphatic carbocycles. The van der Waals surface area contributed by atoms with Gasteiger partial charge in [0, 0.05) is 13.0 Å². The number of nitrogens with two attached hydrogens (primary N) is 1. The van der Waals surface area contributed by atoms with E-state index in [0.717, 1.165) is 19.1 Å². The second kappa shape index (κ2) is 9.23. The molecule has 0 saturated carbocycles. The summed E-state index contributed by atoms with van der Waals surface area (Å²) in [6.07, 6.45) is 3.25. The molecule has 0 aliphatic heterocycles. The van der Waals surface area contributed by atoms with Gasteiger partial charge in [0.1, 0.15) is 6.29 Å². The van der Waals surface area contributed by atoms with Crippen molar-refractivity contribution in [2.24, 2.45) is 5.73 Å². The molecule has 0 saturated heterocycles. The van der Waals surface area contributed by atoms with E-state index in [1.54, 1.807) is 0 Å². The van der Waals surface area contributed by atoms with Gasteiger partial charge < -0.3 is 15.8 Å². The topological polar surface area (TPSA) is 79.0 Å². The van der Waals surface area contributed by atoms with E-state index in [1.807, 2.05) is 0 Å². The highest BCUT2D eigenvalue weighted by molar-refractivity contribution is 5.85. The first kappa shape index (κ1) is 12.9. The molecule has 66 valence electrons. The zero-order valence-electron chi connectivity index (χ0n) is 6.30. The molecule has 0 aromatic carbocycles. The van der Waals surface area contributed by atoms with Crippen LogP contribution in [0.4, 0.5) is 0 Å². The predicted molar refractivity (Wildman–Crippen MR) is 47.1 cm³/mol. The zero-order chi connectivity index (χ0) is 7.82. The van der Waals surface area contributed by atoms with Crippen LogP contribution >= 0.6 is 12.4 Å². The molecule has 5 heteroatoms. The van der Waals surface area contributed by atoms with E-state index >= 15 is 0 Å². The Labute approximate surface area is 72.5 Å². The van der Waals surface area contributed by atoms with Crippen molar-refractivity contribution in [2.75, 3.05) is 6.54 Å². The van der Waals surface area contributed by atoms with Gasteiger partial charge in [-0.15, -0.1) is 12.4 Å². The second-order valence-electron chi connectivity index (χ2n) is 2.00. The summed E-state index contributed by atoms with van der Waals surface area (Å²) in [6.45, 7) is 0.684. The van der Waals surface area contributed by atoms with Crippen LogP contribution in [-0.4, -0.2) is 18.8 Å². The average Bonchev–Trinajstić information content (AvgIpc) is 1.87. The average molecular weight is 180 g/mol. The molecule has 11 heavy (non-hydrogen) atoms. The maximum atomic E-state index is 9.81. The van der Waals surface area contributed by atoms with Gasteiger partial charge >= 0.3 is 0 Å². The Hall–Kier alpha value is -0.770. The first-order valence-corrected chi connectivity index (χ1v) is 3.29. The monoisotopic (exact) mass is 179 g/mol. The Kier molecular flexibility index (Phi) is 10.8. The lowest BCUT2D eigenvalue weighted by Crippen LogP contribution is -2.30. The maximum Gasteiger partial charge on any atom is 0.185 e. The van der Waals surface area contributed by atoms with Gasteiger partial charge in [0.15, 0.2) is 5.96 Å². The van der Waals surface area contributed by atoms with Gasteiger partial charge in [-0.1, -0.05) is 0 Å². The van der Waals surface area contributed by atoms with Gasteiger partial charge in [-0.3, -0.25) is 5.41 Å². The normalized spacial score (nSPS) is 8.00. The maximum absolute atomic E-state index is 9.81. The number of halogens is 1. The zero-order valence-corrected chi connectivity index (χ0v) is 7.12. The molecular formula is C6H14ClN3O. The Morgan fingerprint density at radius 3 is 2.64 bits per heavy atom. The molecule has 0 aromatic rings. The van der Waals surface area contributed by atoms with Crippen molar-refractivity contribution < 1.29 is 4.79 Å². The second-order valence-corrected chi connectivity index (χ2v) is 2.00. The molecule has 0 fully saturated rings. The number of carbonyl (C=O) groups excluding carboxylic acids is 1. The largest absolute Gasteiger partial charge is 0.370 e. The third-order valence-electron chi connectivity index (χ3n) is 1.06. The van der Waals surface area contributed by atoms with Crippen LogP contribution in [0.3, 0.4) is 0 Å². The van der Waals surface area contributed by atoms with Crippen molar-refractivity contribution in [3.05, 3.63) is 0 Å². The molecule has 4 N–H and O–H groups in total. The number of guanidine groups is 1. The SMILES string of the molecule is Cl.N=C(N)NCCCCC=O. The van der Waals surface area contributed by atoms with Gasteiger partial charge in [-0.05, 0) is 12.8 Å². The van der Waals surface area contributed by atoms with E-state index in [2.05, 4.69) is 5.32 Å². The summed E-state index contributed by atoms with van der Waals surface area (Å²) < 4.78 is 0. The quantitative estimate of drug-likeness (QED) is 0.245. The molecule has 0 unspecified atom stereocenters. The fourth-order valence-electron chi connectivity index (χ4n) is 0.576. The van der Waals surface area contributed by atoms with Crippen molar-refractivity contribution in [1.29, 1.82) is 5.41 Å². The van der Waals surface area contributed by atoms with E-state index in [-0.39, 0.29) is 18.4 Å². The molecule has 0 heterocycles. The van der Waals surface area contributed by atoms with Crippen molar-refractivity contribution in [3.8, 4) is 0 Å². The van der Waals surface area contributed by atoms with E-state index in [9.17, 15) is 4.79 Å². The molecule has 0 atom stereocenters. The Morgan fingerprint density at radius 2 is 2.18 bits per heavy atom. The van der Waals surface area contributed by atoms with E-state index in [0.29, 0.717) is 13.0 Å². The Balaban J connectivity index is 0. The molecular weight excluding hydrogens is 166 g/mol. The summed E-state index contributed by atoms with van der Waals surface area (Å²) in [4.78, 5) is 9.81. The van der Waals surface area contributed by atoms with Crippen LogP contribution in [0.15, 0.2) is 0 Å². The molecule has 0 rings (SSSR count). The molecule has 0 bridgehead atoms. The highest BCUT2D eigenvalue weighted by atomic mass is 35.5. The lowest BCUT2D eigenvalue weighted by Gasteiger charge is -2.00. The van der Waals surface area contributed by atoms with Gasteiger partial charge in [-0.2, -0.15) is 0 Å². The van der Waals surface area contributed by atoms with Gasteiger partial charge in [0.2, 0.25) is 0 Å². The first-order valence-electron chi connectivity index (χ1n) is 3.29. The van der Waals surface area contributed by atoms with E-state index in [1.165, 1.54) is 0 Å². The minimum atomic E-state index is -0.00824. The molecule has 0 aliphatic rings. The molecule has 0 radical (unpaired) electrons. The number of nitrogens with one attached hydrogen (secondary N) is 2. The standard InChI is InChI=1S/C6H13N3O.ClH/c7-6(8)9-4-2-1-3-5-10;/h5H,1-4H2,(H4,7,8,9);1H. The van der Waals surface area contributed by atoms with E-state index in [4.69, 9.17) is 11.1 Å². The highest BCUT2D eigenvalue weighted by Crippen LogP contribution is 1.88. The summed E-state index contributed by atoms with van der Waals surface area (Å²) >= 11 is 0. The molecule has 0 aromatic heterocycles. The minimum Gasteiger partial charge on any atom is -0.370 e. The number of unbranched alkanes of at least 4 members (excludes halogenated alkanes) is 2. The van der Waals surface area contributed by atoms with Crippen LogP contribution in [0.1, 0.15) is 19.3 Å². The number of hydrogen-bond acceptors (Lipinski definition) is 2. The van der Waals surface area contributed by atoms with Crippen molar-refractivity contribution >= 4 is 24.7 Å². The number of aldehydes is 1. The molecule has 0 spiro atoms. The number of rotatable bonds is 5. The molecule has 0 amide bonds. The van der Waals surface area contributed by atoms with Crippen LogP contribution in [0.25, 0.3) is 0 Å². The smallest absolute Gasteiger partial charge is 0.185 e. The summed E-state index contributed by atoms with van der Waals surface area (Å²) in [7, 11) is 0. The van der Waals surface area contributed by atoms with Crippen LogP contribution in [-0.2, 0) is 4.79 Å². The minimum absolute atomic E-state index is 0.